The van der Waals surface area contributed by atoms with Crippen LogP contribution in [0.1, 0.15) is 5.56 Å². The summed E-state index contributed by atoms with van der Waals surface area (Å²) in [6, 6.07) is 14.4. The Labute approximate surface area is 93.1 Å². The summed E-state index contributed by atoms with van der Waals surface area (Å²) >= 11 is 1.54. The average molecular weight is 217 g/mol. The van der Waals surface area contributed by atoms with Crippen LogP contribution in [0, 0.1) is 12.7 Å². The summed E-state index contributed by atoms with van der Waals surface area (Å²) in [7, 11) is 0. The van der Waals surface area contributed by atoms with Gasteiger partial charge in [0.15, 0.2) is 0 Å². The highest BCUT2D eigenvalue weighted by Crippen LogP contribution is 2.28. The molecule has 0 aliphatic heterocycles. The predicted molar refractivity (Wildman–Crippen MR) is 61.4 cm³/mol. The van der Waals surface area contributed by atoms with Crippen LogP contribution in [-0.4, -0.2) is 0 Å². The first-order chi connectivity index (χ1) is 7.24. The molecule has 0 fully saturated rings. The molecule has 0 atom stereocenters. The largest absolute Gasteiger partial charge is 0.207 e. The SMILES string of the molecule is [CH2]c1cccc(Sc2cccc(F)c2)c1. The van der Waals surface area contributed by atoms with Gasteiger partial charge in [0.1, 0.15) is 5.82 Å². The molecular weight excluding hydrogens is 207 g/mol. The van der Waals surface area contributed by atoms with Crippen LogP contribution in [0.5, 0.6) is 0 Å². The minimum atomic E-state index is -0.203. The molecule has 2 aromatic carbocycles. The lowest BCUT2D eigenvalue weighted by Crippen LogP contribution is -1.77. The highest BCUT2D eigenvalue weighted by atomic mass is 32.2. The summed E-state index contributed by atoms with van der Waals surface area (Å²) in [5.41, 5.74) is 0.969. The van der Waals surface area contributed by atoms with Gasteiger partial charge in [0, 0.05) is 9.79 Å². The van der Waals surface area contributed by atoms with E-state index in [0.29, 0.717) is 0 Å². The van der Waals surface area contributed by atoms with Crippen LogP contribution in [0.4, 0.5) is 4.39 Å². The highest BCUT2D eigenvalue weighted by Gasteiger charge is 1.98. The van der Waals surface area contributed by atoms with Crippen LogP contribution in [0.15, 0.2) is 58.3 Å². The third-order valence-electron chi connectivity index (χ3n) is 1.93. The maximum atomic E-state index is 12.9. The van der Waals surface area contributed by atoms with Gasteiger partial charge < -0.3 is 0 Å². The smallest absolute Gasteiger partial charge is 0.124 e. The van der Waals surface area contributed by atoms with Crippen molar-refractivity contribution in [2.45, 2.75) is 9.79 Å². The Morgan fingerprint density at radius 2 is 1.60 bits per heavy atom. The van der Waals surface area contributed by atoms with Gasteiger partial charge in [-0.25, -0.2) is 4.39 Å². The fraction of sp³-hybridized carbons (Fsp3) is 0. The topological polar surface area (TPSA) is 0 Å². The number of rotatable bonds is 2. The quantitative estimate of drug-likeness (QED) is 0.728. The standard InChI is InChI=1S/C13H10FS/c1-10-4-2-6-12(8-10)15-13-7-3-5-11(14)9-13/h2-9H,1H2. The molecule has 0 aliphatic carbocycles. The summed E-state index contributed by atoms with van der Waals surface area (Å²) in [6.45, 7) is 3.85. The van der Waals surface area contributed by atoms with E-state index in [1.807, 2.05) is 30.3 Å². The lowest BCUT2D eigenvalue weighted by Gasteiger charge is -2.02. The predicted octanol–water partition coefficient (Wildman–Crippen LogP) is 4.16. The van der Waals surface area contributed by atoms with Gasteiger partial charge in [0.05, 0.1) is 0 Å². The van der Waals surface area contributed by atoms with Crippen LogP contribution < -0.4 is 0 Å². The normalized spacial score (nSPS) is 10.3. The summed E-state index contributed by atoms with van der Waals surface area (Å²) in [4.78, 5) is 1.98. The molecule has 1 radical (unpaired) electrons. The van der Waals surface area contributed by atoms with Crippen LogP contribution >= 0.6 is 11.8 Å². The van der Waals surface area contributed by atoms with Crippen molar-refractivity contribution in [1.29, 1.82) is 0 Å². The Hall–Kier alpha value is -1.28. The third kappa shape index (κ3) is 2.83. The zero-order valence-corrected chi connectivity index (χ0v) is 8.93. The summed E-state index contributed by atoms with van der Waals surface area (Å²) in [6.07, 6.45) is 0. The van der Waals surface area contributed by atoms with E-state index >= 15 is 0 Å². The summed E-state index contributed by atoms with van der Waals surface area (Å²) < 4.78 is 12.9. The van der Waals surface area contributed by atoms with Gasteiger partial charge in [0.25, 0.3) is 0 Å². The monoisotopic (exact) mass is 217 g/mol. The molecule has 75 valence electrons. The van der Waals surface area contributed by atoms with Gasteiger partial charge in [-0.05, 0) is 42.8 Å². The molecule has 2 aromatic rings. The molecule has 0 amide bonds. The Morgan fingerprint density at radius 1 is 0.933 bits per heavy atom. The maximum absolute atomic E-state index is 12.9. The van der Waals surface area contributed by atoms with Crippen molar-refractivity contribution >= 4 is 11.8 Å². The first kappa shape index (κ1) is 10.2. The second kappa shape index (κ2) is 4.49. The van der Waals surface area contributed by atoms with E-state index in [1.54, 1.807) is 6.07 Å². The molecule has 0 spiro atoms. The molecule has 0 N–H and O–H groups in total. The Kier molecular flexibility index (Phi) is 3.07. The second-order valence-corrected chi connectivity index (χ2v) is 4.35. The van der Waals surface area contributed by atoms with Gasteiger partial charge in [-0.15, -0.1) is 0 Å². The minimum absolute atomic E-state index is 0.203. The Morgan fingerprint density at radius 3 is 2.27 bits per heavy atom. The molecule has 15 heavy (non-hydrogen) atoms. The molecule has 2 heteroatoms. The van der Waals surface area contributed by atoms with Gasteiger partial charge in [0.2, 0.25) is 0 Å². The number of halogens is 1. The molecular formula is C13H10FS. The molecule has 2 rings (SSSR count). The average Bonchev–Trinajstić information content (AvgIpc) is 2.17. The minimum Gasteiger partial charge on any atom is -0.207 e. The second-order valence-electron chi connectivity index (χ2n) is 3.21. The molecule has 0 saturated carbocycles. The number of hydrogen-bond acceptors (Lipinski definition) is 1. The Balaban J connectivity index is 2.22. The van der Waals surface area contributed by atoms with E-state index in [0.717, 1.165) is 15.4 Å². The molecule has 0 nitrogen and oxygen atoms in total. The van der Waals surface area contributed by atoms with E-state index in [9.17, 15) is 4.39 Å². The van der Waals surface area contributed by atoms with Crippen molar-refractivity contribution in [2.24, 2.45) is 0 Å². The third-order valence-corrected chi connectivity index (χ3v) is 2.91. The number of benzene rings is 2. The van der Waals surface area contributed by atoms with Crippen molar-refractivity contribution in [1.82, 2.24) is 0 Å². The first-order valence-corrected chi connectivity index (χ1v) is 5.41. The van der Waals surface area contributed by atoms with Gasteiger partial charge in [-0.3, -0.25) is 0 Å². The Bertz CT molecular complexity index is 422. The van der Waals surface area contributed by atoms with Crippen molar-refractivity contribution < 1.29 is 4.39 Å². The zero-order chi connectivity index (χ0) is 10.7. The van der Waals surface area contributed by atoms with Gasteiger partial charge in [-0.2, -0.15) is 0 Å². The molecule has 0 heterocycles. The summed E-state index contributed by atoms with van der Waals surface area (Å²) in [5.74, 6) is -0.203. The van der Waals surface area contributed by atoms with E-state index in [-0.39, 0.29) is 5.82 Å². The van der Waals surface area contributed by atoms with Crippen molar-refractivity contribution in [3.63, 3.8) is 0 Å². The van der Waals surface area contributed by atoms with Crippen LogP contribution in [0.25, 0.3) is 0 Å². The van der Waals surface area contributed by atoms with E-state index in [1.165, 1.54) is 23.9 Å². The van der Waals surface area contributed by atoms with Crippen LogP contribution in [-0.2, 0) is 0 Å². The maximum Gasteiger partial charge on any atom is 0.124 e. The lowest BCUT2D eigenvalue weighted by atomic mass is 10.2. The van der Waals surface area contributed by atoms with E-state index in [4.69, 9.17) is 0 Å². The molecule has 0 aromatic heterocycles. The molecule has 0 bridgehead atoms. The molecule has 0 unspecified atom stereocenters. The fourth-order valence-electron chi connectivity index (χ4n) is 1.28. The molecule has 0 aliphatic rings. The number of hydrogen-bond donors (Lipinski definition) is 0. The van der Waals surface area contributed by atoms with Crippen molar-refractivity contribution in [2.75, 3.05) is 0 Å². The lowest BCUT2D eigenvalue weighted by molar-refractivity contribution is 0.624. The molecule has 0 saturated heterocycles. The van der Waals surface area contributed by atoms with Gasteiger partial charge in [-0.1, -0.05) is 30.0 Å². The summed E-state index contributed by atoms with van der Waals surface area (Å²) in [5, 5.41) is 0. The highest BCUT2D eigenvalue weighted by molar-refractivity contribution is 7.99. The van der Waals surface area contributed by atoms with Gasteiger partial charge >= 0.3 is 0 Å². The van der Waals surface area contributed by atoms with Crippen LogP contribution in [0.2, 0.25) is 0 Å². The zero-order valence-electron chi connectivity index (χ0n) is 8.11. The van der Waals surface area contributed by atoms with E-state index in [2.05, 4.69) is 6.92 Å². The fourth-order valence-corrected chi connectivity index (χ4v) is 2.22. The first-order valence-electron chi connectivity index (χ1n) is 4.59. The van der Waals surface area contributed by atoms with Crippen molar-refractivity contribution in [3.05, 3.63) is 66.8 Å². The van der Waals surface area contributed by atoms with Crippen molar-refractivity contribution in [3.8, 4) is 0 Å². The van der Waals surface area contributed by atoms with E-state index < -0.39 is 0 Å². The van der Waals surface area contributed by atoms with Crippen LogP contribution in [0.3, 0.4) is 0 Å².